The summed E-state index contributed by atoms with van der Waals surface area (Å²) in [6, 6.07) is 0.700. The van der Waals surface area contributed by atoms with Gasteiger partial charge in [0.1, 0.15) is 0 Å². The number of hydrogen-bond donors (Lipinski definition) is 0. The number of nitrogens with zero attached hydrogens (tertiary/aromatic N) is 2. The minimum atomic E-state index is 0.0797. The number of fused-ring (bicyclic) bond motifs is 1. The van der Waals surface area contributed by atoms with E-state index >= 15 is 0 Å². The highest BCUT2D eigenvalue weighted by Crippen LogP contribution is 2.43. The molecule has 3 aliphatic rings. The van der Waals surface area contributed by atoms with E-state index in [9.17, 15) is 4.79 Å². The zero-order valence-electron chi connectivity index (χ0n) is 12.3. The van der Waals surface area contributed by atoms with Gasteiger partial charge in [-0.15, -0.1) is 0 Å². The Morgan fingerprint density at radius 1 is 1.25 bits per heavy atom. The average molecular weight is 290 g/mol. The highest BCUT2D eigenvalue weighted by atomic mass is 32.1. The van der Waals surface area contributed by atoms with Crippen LogP contribution in [-0.4, -0.2) is 23.4 Å². The molecule has 20 heavy (non-hydrogen) atoms. The summed E-state index contributed by atoms with van der Waals surface area (Å²) < 4.78 is 0. The van der Waals surface area contributed by atoms with Crippen molar-refractivity contribution in [1.82, 2.24) is 4.98 Å². The number of ketones is 1. The number of hydrogen-bond acceptors (Lipinski definition) is 4. The van der Waals surface area contributed by atoms with E-state index in [1.807, 2.05) is 0 Å². The Hall–Kier alpha value is -0.900. The zero-order chi connectivity index (χ0) is 13.9. The molecule has 0 N–H and O–H groups in total. The highest BCUT2D eigenvalue weighted by molar-refractivity contribution is 7.17. The van der Waals surface area contributed by atoms with E-state index in [0.29, 0.717) is 18.2 Å². The first-order valence-corrected chi connectivity index (χ1v) is 8.63. The first-order chi connectivity index (χ1) is 9.52. The summed E-state index contributed by atoms with van der Waals surface area (Å²) in [5, 5.41) is 1.12. The standard InChI is InChI=1S/C16H22N2OS/c1-16(2)7-12-14(13(19)8-16)20-15(17-12)18(11-5-6-11)9-10-3-4-10/h10-11H,3-9H2,1-2H3. The van der Waals surface area contributed by atoms with Crippen molar-refractivity contribution in [2.75, 3.05) is 11.4 Å². The maximum absolute atomic E-state index is 12.3. The average Bonchev–Trinajstić information content (AvgIpc) is 3.23. The van der Waals surface area contributed by atoms with Gasteiger partial charge < -0.3 is 4.90 Å². The Morgan fingerprint density at radius 2 is 2.00 bits per heavy atom. The molecule has 0 radical (unpaired) electrons. The number of rotatable bonds is 4. The fraction of sp³-hybridized carbons (Fsp3) is 0.750. The van der Waals surface area contributed by atoms with Gasteiger partial charge in [0.05, 0.1) is 10.6 Å². The van der Waals surface area contributed by atoms with Gasteiger partial charge in [0.2, 0.25) is 0 Å². The third kappa shape index (κ3) is 2.39. The minimum absolute atomic E-state index is 0.0797. The molecule has 0 unspecified atom stereocenters. The maximum atomic E-state index is 12.3. The molecule has 0 bridgehead atoms. The SMILES string of the molecule is CC1(C)CC(=O)c2sc(N(CC3CC3)C3CC3)nc2C1. The minimum Gasteiger partial charge on any atom is -0.345 e. The van der Waals surface area contributed by atoms with E-state index < -0.39 is 0 Å². The van der Waals surface area contributed by atoms with Crippen LogP contribution in [0.25, 0.3) is 0 Å². The molecule has 0 amide bonds. The van der Waals surface area contributed by atoms with E-state index in [4.69, 9.17) is 4.98 Å². The van der Waals surface area contributed by atoms with Crippen LogP contribution in [0.3, 0.4) is 0 Å². The molecular weight excluding hydrogens is 268 g/mol. The molecule has 108 valence electrons. The van der Waals surface area contributed by atoms with Gasteiger partial charge in [-0.05, 0) is 43.4 Å². The molecule has 0 saturated heterocycles. The summed E-state index contributed by atoms with van der Waals surface area (Å²) in [6.07, 6.45) is 6.98. The summed E-state index contributed by atoms with van der Waals surface area (Å²) in [4.78, 5) is 20.6. The van der Waals surface area contributed by atoms with Crippen molar-refractivity contribution < 1.29 is 4.79 Å². The molecule has 3 aliphatic carbocycles. The lowest BCUT2D eigenvalue weighted by atomic mass is 9.78. The quantitative estimate of drug-likeness (QED) is 0.848. The number of carbonyl (C=O) groups excluding carboxylic acids is 1. The molecule has 1 aromatic heterocycles. The maximum Gasteiger partial charge on any atom is 0.186 e. The van der Waals surface area contributed by atoms with Gasteiger partial charge >= 0.3 is 0 Å². The largest absolute Gasteiger partial charge is 0.345 e. The monoisotopic (exact) mass is 290 g/mol. The van der Waals surface area contributed by atoms with Crippen molar-refractivity contribution in [3.8, 4) is 0 Å². The van der Waals surface area contributed by atoms with Crippen molar-refractivity contribution in [1.29, 1.82) is 0 Å². The Bertz CT molecular complexity index is 555. The second-order valence-electron chi connectivity index (χ2n) is 7.54. The Morgan fingerprint density at radius 3 is 2.65 bits per heavy atom. The van der Waals surface area contributed by atoms with Crippen LogP contribution in [0, 0.1) is 11.3 Å². The highest BCUT2D eigenvalue weighted by Gasteiger charge is 2.38. The number of thiazole rings is 1. The number of carbonyl (C=O) groups is 1. The third-order valence-electron chi connectivity index (χ3n) is 4.61. The second kappa shape index (κ2) is 4.30. The van der Waals surface area contributed by atoms with Crippen LogP contribution in [0.15, 0.2) is 0 Å². The van der Waals surface area contributed by atoms with Gasteiger partial charge in [-0.1, -0.05) is 25.2 Å². The van der Waals surface area contributed by atoms with Crippen LogP contribution in [0.5, 0.6) is 0 Å². The lowest BCUT2D eigenvalue weighted by Crippen LogP contribution is -2.28. The summed E-state index contributed by atoms with van der Waals surface area (Å²) >= 11 is 1.66. The number of Topliss-reactive ketones (excluding diaryl/α,β-unsaturated/α-hetero) is 1. The predicted octanol–water partition coefficient (Wildman–Crippen LogP) is 3.68. The van der Waals surface area contributed by atoms with Gasteiger partial charge in [-0.2, -0.15) is 0 Å². The van der Waals surface area contributed by atoms with E-state index in [1.54, 1.807) is 11.3 Å². The van der Waals surface area contributed by atoms with Gasteiger partial charge in [0.25, 0.3) is 0 Å². The molecular formula is C16H22N2OS. The van der Waals surface area contributed by atoms with E-state index in [1.165, 1.54) is 25.7 Å². The smallest absolute Gasteiger partial charge is 0.186 e. The number of aromatic nitrogens is 1. The zero-order valence-corrected chi connectivity index (χ0v) is 13.1. The molecule has 3 nitrogen and oxygen atoms in total. The van der Waals surface area contributed by atoms with Crippen molar-refractivity contribution in [2.45, 2.75) is 58.4 Å². The van der Waals surface area contributed by atoms with Crippen molar-refractivity contribution >= 4 is 22.3 Å². The molecule has 2 saturated carbocycles. The fourth-order valence-electron chi connectivity index (χ4n) is 3.18. The van der Waals surface area contributed by atoms with Crippen LogP contribution in [0.2, 0.25) is 0 Å². The first-order valence-electron chi connectivity index (χ1n) is 7.81. The summed E-state index contributed by atoms with van der Waals surface area (Å²) in [7, 11) is 0. The van der Waals surface area contributed by atoms with Crippen LogP contribution >= 0.6 is 11.3 Å². The fourth-order valence-corrected chi connectivity index (χ4v) is 4.28. The molecule has 4 rings (SSSR count). The Balaban J connectivity index is 1.64. The molecule has 0 aromatic carbocycles. The van der Waals surface area contributed by atoms with Gasteiger partial charge in [0.15, 0.2) is 10.9 Å². The van der Waals surface area contributed by atoms with Crippen molar-refractivity contribution in [3.63, 3.8) is 0 Å². The van der Waals surface area contributed by atoms with E-state index in [-0.39, 0.29) is 5.41 Å². The third-order valence-corrected chi connectivity index (χ3v) is 5.79. The lowest BCUT2D eigenvalue weighted by Gasteiger charge is -2.26. The molecule has 4 heteroatoms. The molecule has 1 aromatic rings. The van der Waals surface area contributed by atoms with Crippen LogP contribution in [-0.2, 0) is 6.42 Å². The molecule has 1 heterocycles. The van der Waals surface area contributed by atoms with Crippen molar-refractivity contribution in [2.24, 2.45) is 11.3 Å². The molecule has 0 aliphatic heterocycles. The topological polar surface area (TPSA) is 33.2 Å². The van der Waals surface area contributed by atoms with Crippen LogP contribution in [0.1, 0.15) is 61.3 Å². The number of anilines is 1. The van der Waals surface area contributed by atoms with Gasteiger partial charge in [-0.3, -0.25) is 4.79 Å². The van der Waals surface area contributed by atoms with Crippen LogP contribution < -0.4 is 4.90 Å². The molecule has 2 fully saturated rings. The normalized spacial score (nSPS) is 24.6. The predicted molar refractivity (Wildman–Crippen MR) is 81.6 cm³/mol. The summed E-state index contributed by atoms with van der Waals surface area (Å²) in [5.74, 6) is 1.19. The lowest BCUT2D eigenvalue weighted by molar-refractivity contribution is 0.0916. The second-order valence-corrected chi connectivity index (χ2v) is 8.52. The summed E-state index contributed by atoms with van der Waals surface area (Å²) in [5.41, 5.74) is 1.14. The summed E-state index contributed by atoms with van der Waals surface area (Å²) in [6.45, 7) is 5.51. The Labute approximate surface area is 124 Å². The van der Waals surface area contributed by atoms with E-state index in [2.05, 4.69) is 18.7 Å². The molecule has 0 atom stereocenters. The van der Waals surface area contributed by atoms with E-state index in [0.717, 1.165) is 34.6 Å². The van der Waals surface area contributed by atoms with Gasteiger partial charge in [0, 0.05) is 19.0 Å². The first kappa shape index (κ1) is 12.8. The Kier molecular flexibility index (Phi) is 2.75. The van der Waals surface area contributed by atoms with Gasteiger partial charge in [-0.25, -0.2) is 4.98 Å². The van der Waals surface area contributed by atoms with Crippen molar-refractivity contribution in [3.05, 3.63) is 10.6 Å². The molecule has 0 spiro atoms. The van der Waals surface area contributed by atoms with Crippen LogP contribution in [0.4, 0.5) is 5.13 Å².